The SMILES string of the molecule is CC(C)n1cc2c3c(cccc31)C1=C[C@@H](C(=O)OC(C)(C)C(=O)c3ccccc3)CN(C)[C@@H]1C2.O.O=C(O)/C=C\C(=O)O. The average molecular weight is 591 g/mol. The summed E-state index contributed by atoms with van der Waals surface area (Å²) >= 11 is 0. The Kier molecular flexibility index (Phi) is 10.1. The van der Waals surface area contributed by atoms with Crippen molar-refractivity contribution in [3.05, 3.63) is 89.6 Å². The lowest BCUT2D eigenvalue weighted by molar-refractivity contribution is -0.156. The Balaban J connectivity index is 0.000000497. The zero-order valence-electron chi connectivity index (χ0n) is 24.9. The fraction of sp³-hybridized carbons (Fsp3) is 0.333. The number of likely N-dealkylation sites (N-methyl/N-ethyl adjacent to an activating group) is 1. The summed E-state index contributed by atoms with van der Waals surface area (Å²) in [6, 6.07) is 16.1. The summed E-state index contributed by atoms with van der Waals surface area (Å²) < 4.78 is 8.18. The zero-order chi connectivity index (χ0) is 30.8. The van der Waals surface area contributed by atoms with Gasteiger partial charge in [0.25, 0.3) is 0 Å². The minimum absolute atomic E-state index is 0. The summed E-state index contributed by atoms with van der Waals surface area (Å²) in [5.41, 5.74) is 4.30. The van der Waals surface area contributed by atoms with Crippen molar-refractivity contribution >= 4 is 40.2 Å². The number of carbonyl (C=O) groups is 4. The van der Waals surface area contributed by atoms with Crippen molar-refractivity contribution in [2.75, 3.05) is 13.6 Å². The van der Waals surface area contributed by atoms with E-state index in [-0.39, 0.29) is 23.3 Å². The highest BCUT2D eigenvalue weighted by molar-refractivity contribution is 6.03. The van der Waals surface area contributed by atoms with Crippen molar-refractivity contribution < 1.29 is 39.6 Å². The lowest BCUT2D eigenvalue weighted by Crippen LogP contribution is -2.46. The molecule has 10 nitrogen and oxygen atoms in total. The average Bonchev–Trinajstić information content (AvgIpc) is 3.32. The van der Waals surface area contributed by atoms with Crippen molar-refractivity contribution in [1.82, 2.24) is 9.47 Å². The molecule has 10 heteroatoms. The van der Waals surface area contributed by atoms with Gasteiger partial charge in [-0.15, -0.1) is 0 Å². The van der Waals surface area contributed by atoms with Crippen LogP contribution in [0.1, 0.15) is 55.2 Å². The molecule has 0 radical (unpaired) electrons. The van der Waals surface area contributed by atoms with E-state index < -0.39 is 23.5 Å². The quantitative estimate of drug-likeness (QED) is 0.236. The third-order valence-electron chi connectivity index (χ3n) is 7.58. The molecule has 1 aliphatic heterocycles. The molecule has 0 unspecified atom stereocenters. The predicted molar refractivity (Wildman–Crippen MR) is 163 cm³/mol. The number of aliphatic carboxylic acids is 2. The number of nitrogens with zero attached hydrogens (tertiary/aromatic N) is 2. The molecule has 0 fully saturated rings. The number of carbonyl (C=O) groups excluding carboxylic acids is 2. The van der Waals surface area contributed by atoms with E-state index in [2.05, 4.69) is 60.8 Å². The van der Waals surface area contributed by atoms with E-state index in [9.17, 15) is 19.2 Å². The Morgan fingerprint density at radius 2 is 1.60 bits per heavy atom. The molecule has 0 bridgehead atoms. The van der Waals surface area contributed by atoms with Gasteiger partial charge in [0.15, 0.2) is 5.60 Å². The lowest BCUT2D eigenvalue weighted by Gasteiger charge is -2.39. The number of hydrogen-bond donors (Lipinski definition) is 2. The molecule has 2 aliphatic rings. The normalized spacial score (nSPS) is 17.8. The highest BCUT2D eigenvalue weighted by Crippen LogP contribution is 2.42. The topological polar surface area (TPSA) is 158 Å². The fourth-order valence-corrected chi connectivity index (χ4v) is 5.61. The molecule has 43 heavy (non-hydrogen) atoms. The lowest BCUT2D eigenvalue weighted by atomic mass is 9.80. The van der Waals surface area contributed by atoms with Gasteiger partial charge in [0, 0.05) is 53.4 Å². The number of Topliss-reactive ketones (excluding diaryl/α,β-unsaturated/α-hetero) is 1. The highest BCUT2D eigenvalue weighted by Gasteiger charge is 2.40. The van der Waals surface area contributed by atoms with E-state index >= 15 is 0 Å². The van der Waals surface area contributed by atoms with Crippen LogP contribution in [0.4, 0.5) is 0 Å². The van der Waals surface area contributed by atoms with E-state index in [0.29, 0.717) is 30.3 Å². The number of esters is 1. The second-order valence-electron chi connectivity index (χ2n) is 11.4. The van der Waals surface area contributed by atoms with Gasteiger partial charge in [0.2, 0.25) is 5.78 Å². The molecule has 2 aromatic carbocycles. The molecular weight excluding hydrogens is 552 g/mol. The second-order valence-corrected chi connectivity index (χ2v) is 11.4. The summed E-state index contributed by atoms with van der Waals surface area (Å²) in [6.45, 7) is 8.32. The standard InChI is InChI=1S/C29H32N2O3.C4H4O4.H2O/c1-18(2)31-17-20-15-25-23(22-12-9-13-24(31)26(20)22)14-21(16-30(25)5)28(33)34-29(3,4)27(32)19-10-7-6-8-11-19;5-3(6)1-2-4(7)8;/h6-14,17-18,21,25H,15-16H2,1-5H3;1-2H,(H,5,6)(H,7,8);1H2/b;2-1-;/t21-,25-;;/m1../s1. The van der Waals surface area contributed by atoms with Gasteiger partial charge in [-0.25, -0.2) is 9.59 Å². The van der Waals surface area contributed by atoms with E-state index in [0.717, 1.165) is 6.42 Å². The van der Waals surface area contributed by atoms with E-state index in [1.165, 1.54) is 27.6 Å². The molecule has 228 valence electrons. The van der Waals surface area contributed by atoms with Gasteiger partial charge < -0.3 is 25.0 Å². The summed E-state index contributed by atoms with van der Waals surface area (Å²) in [5.74, 6) is -3.49. The number of carboxylic acid groups (broad SMARTS) is 2. The van der Waals surface area contributed by atoms with Crippen LogP contribution in [0.25, 0.3) is 16.5 Å². The number of fused-ring (bicyclic) bond motifs is 2. The second kappa shape index (κ2) is 13.2. The van der Waals surface area contributed by atoms with Gasteiger partial charge in [-0.1, -0.05) is 48.5 Å². The number of benzene rings is 2. The van der Waals surface area contributed by atoms with Crippen LogP contribution >= 0.6 is 0 Å². The third-order valence-corrected chi connectivity index (χ3v) is 7.58. The number of hydrogen-bond acceptors (Lipinski definition) is 6. The number of ketones is 1. The van der Waals surface area contributed by atoms with Crippen molar-refractivity contribution in [2.45, 2.75) is 51.8 Å². The van der Waals surface area contributed by atoms with Gasteiger partial charge in [0.05, 0.1) is 5.92 Å². The first kappa shape index (κ1) is 33.0. The summed E-state index contributed by atoms with van der Waals surface area (Å²) in [5, 5.41) is 16.9. The molecule has 2 heterocycles. The third kappa shape index (κ3) is 7.10. The molecule has 0 saturated heterocycles. The highest BCUT2D eigenvalue weighted by atomic mass is 16.6. The molecule has 3 aromatic rings. The number of aromatic nitrogens is 1. The van der Waals surface area contributed by atoms with Gasteiger partial charge >= 0.3 is 17.9 Å². The summed E-state index contributed by atoms with van der Waals surface area (Å²) in [4.78, 5) is 47.7. The van der Waals surface area contributed by atoms with Crippen LogP contribution in [0.15, 0.2) is 73.0 Å². The maximum Gasteiger partial charge on any atom is 0.328 e. The molecule has 0 spiro atoms. The van der Waals surface area contributed by atoms with Crippen LogP contribution in [-0.2, 0) is 25.5 Å². The summed E-state index contributed by atoms with van der Waals surface area (Å²) in [7, 11) is 2.07. The molecule has 4 N–H and O–H groups in total. The Morgan fingerprint density at radius 3 is 2.19 bits per heavy atom. The molecular formula is C33H38N2O8. The van der Waals surface area contributed by atoms with Gasteiger partial charge in [-0.3, -0.25) is 14.5 Å². The van der Waals surface area contributed by atoms with Crippen LogP contribution in [0.5, 0.6) is 0 Å². The Morgan fingerprint density at radius 1 is 0.977 bits per heavy atom. The largest absolute Gasteiger partial charge is 0.478 e. The van der Waals surface area contributed by atoms with Crippen molar-refractivity contribution in [1.29, 1.82) is 0 Å². The van der Waals surface area contributed by atoms with Crippen LogP contribution in [-0.4, -0.2) is 74.1 Å². The molecule has 0 saturated carbocycles. The maximum absolute atomic E-state index is 13.3. The molecule has 2 atom stereocenters. The zero-order valence-corrected chi connectivity index (χ0v) is 24.9. The monoisotopic (exact) mass is 590 g/mol. The molecule has 0 amide bonds. The Labute approximate surface area is 250 Å². The van der Waals surface area contributed by atoms with E-state index in [1.54, 1.807) is 26.0 Å². The van der Waals surface area contributed by atoms with Gasteiger partial charge in [-0.2, -0.15) is 0 Å². The van der Waals surface area contributed by atoms with Gasteiger partial charge in [0.1, 0.15) is 0 Å². The van der Waals surface area contributed by atoms with Crippen molar-refractivity contribution in [3.8, 4) is 0 Å². The Bertz CT molecular complexity index is 1570. The predicted octanol–water partition coefficient (Wildman–Crippen LogP) is 4.18. The van der Waals surface area contributed by atoms with Crippen LogP contribution in [0.2, 0.25) is 0 Å². The Hall–Kier alpha value is -4.54. The number of ether oxygens (including phenoxy) is 1. The van der Waals surface area contributed by atoms with Crippen LogP contribution in [0, 0.1) is 5.92 Å². The van der Waals surface area contributed by atoms with Crippen LogP contribution in [0.3, 0.4) is 0 Å². The first-order valence-electron chi connectivity index (χ1n) is 13.8. The molecule has 1 aromatic heterocycles. The van der Waals surface area contributed by atoms with E-state index in [1.807, 2.05) is 18.2 Å². The smallest absolute Gasteiger partial charge is 0.328 e. The number of carboxylic acids is 2. The molecule has 5 rings (SSSR count). The molecule has 1 aliphatic carbocycles. The minimum Gasteiger partial charge on any atom is -0.478 e. The van der Waals surface area contributed by atoms with E-state index in [4.69, 9.17) is 14.9 Å². The van der Waals surface area contributed by atoms with Crippen molar-refractivity contribution in [2.24, 2.45) is 5.92 Å². The fourth-order valence-electron chi connectivity index (χ4n) is 5.61. The summed E-state index contributed by atoms with van der Waals surface area (Å²) in [6.07, 6.45) is 6.42. The first-order chi connectivity index (χ1) is 19.8. The van der Waals surface area contributed by atoms with Crippen molar-refractivity contribution in [3.63, 3.8) is 0 Å². The minimum atomic E-state index is -1.26. The van der Waals surface area contributed by atoms with Gasteiger partial charge in [-0.05, 0) is 63.9 Å². The number of rotatable bonds is 7. The van der Waals surface area contributed by atoms with Crippen LogP contribution < -0.4 is 0 Å². The first-order valence-corrected chi connectivity index (χ1v) is 13.8. The maximum atomic E-state index is 13.3.